The Labute approximate surface area is 169 Å². The molecule has 1 saturated heterocycles. The highest BCUT2D eigenvalue weighted by Gasteiger charge is 2.09. The van der Waals surface area contributed by atoms with E-state index in [1.807, 2.05) is 6.07 Å². The van der Waals surface area contributed by atoms with Gasteiger partial charge in [0, 0.05) is 26.2 Å². The zero-order valence-corrected chi connectivity index (χ0v) is 16.8. The van der Waals surface area contributed by atoms with Crippen LogP contribution in [-0.4, -0.2) is 69.2 Å². The maximum atomic E-state index is 11.9. The Balaban J connectivity index is 1.55. The molecular formula is C18H26Cl2N4O3. The second kappa shape index (κ2) is 12.2. The van der Waals surface area contributed by atoms with Crippen LogP contribution in [0, 0.1) is 0 Å². The van der Waals surface area contributed by atoms with Gasteiger partial charge in [-0.15, -0.1) is 0 Å². The van der Waals surface area contributed by atoms with Crippen LogP contribution in [0.4, 0.5) is 0 Å². The van der Waals surface area contributed by atoms with Crippen LogP contribution in [0.25, 0.3) is 0 Å². The Bertz CT molecular complexity index is 637. The molecular weight excluding hydrogens is 391 g/mol. The molecule has 1 heterocycles. The normalized spacial score (nSPS) is 15.7. The summed E-state index contributed by atoms with van der Waals surface area (Å²) in [5.74, 6) is 0.0916. The fourth-order valence-electron chi connectivity index (χ4n) is 2.50. The third kappa shape index (κ3) is 8.90. The molecule has 9 heteroatoms. The van der Waals surface area contributed by atoms with Crippen LogP contribution in [-0.2, 0) is 20.8 Å². The SMILES string of the molecule is NC(CC(=O)NCCOCCN1CCOCC1)=NCc1ccc(Cl)c(Cl)c1. The van der Waals surface area contributed by atoms with Crippen molar-refractivity contribution in [3.63, 3.8) is 0 Å². The van der Waals surface area contributed by atoms with E-state index >= 15 is 0 Å². The van der Waals surface area contributed by atoms with Crippen LogP contribution < -0.4 is 11.1 Å². The van der Waals surface area contributed by atoms with Gasteiger partial charge in [-0.3, -0.25) is 14.7 Å². The van der Waals surface area contributed by atoms with Gasteiger partial charge in [0.15, 0.2) is 0 Å². The zero-order chi connectivity index (χ0) is 19.5. The van der Waals surface area contributed by atoms with Crippen molar-refractivity contribution in [2.24, 2.45) is 10.7 Å². The van der Waals surface area contributed by atoms with Crippen molar-refractivity contribution in [2.45, 2.75) is 13.0 Å². The van der Waals surface area contributed by atoms with Crippen molar-refractivity contribution in [3.8, 4) is 0 Å². The highest BCUT2D eigenvalue weighted by molar-refractivity contribution is 6.42. The zero-order valence-electron chi connectivity index (χ0n) is 15.3. The summed E-state index contributed by atoms with van der Waals surface area (Å²) >= 11 is 11.8. The van der Waals surface area contributed by atoms with E-state index < -0.39 is 0 Å². The predicted molar refractivity (Wildman–Crippen MR) is 107 cm³/mol. The van der Waals surface area contributed by atoms with Crippen molar-refractivity contribution in [3.05, 3.63) is 33.8 Å². The molecule has 0 atom stereocenters. The van der Waals surface area contributed by atoms with Gasteiger partial charge >= 0.3 is 0 Å². The Morgan fingerprint density at radius 3 is 2.78 bits per heavy atom. The van der Waals surface area contributed by atoms with Crippen LogP contribution in [0.2, 0.25) is 10.0 Å². The summed E-state index contributed by atoms with van der Waals surface area (Å²) in [6.45, 7) is 6.24. The van der Waals surface area contributed by atoms with Gasteiger partial charge in [0.05, 0.1) is 49.4 Å². The summed E-state index contributed by atoms with van der Waals surface area (Å²) < 4.78 is 10.8. The monoisotopic (exact) mass is 416 g/mol. The maximum absolute atomic E-state index is 11.9. The van der Waals surface area contributed by atoms with E-state index in [0.29, 0.717) is 36.3 Å². The first kappa shape index (κ1) is 21.9. The van der Waals surface area contributed by atoms with Crippen molar-refractivity contribution >= 4 is 34.9 Å². The molecule has 0 spiro atoms. The Kier molecular flexibility index (Phi) is 9.86. The van der Waals surface area contributed by atoms with Gasteiger partial charge < -0.3 is 20.5 Å². The minimum atomic E-state index is -0.179. The molecule has 0 aliphatic carbocycles. The second-order valence-corrected chi connectivity index (χ2v) is 6.96. The van der Waals surface area contributed by atoms with Gasteiger partial charge in [-0.25, -0.2) is 0 Å². The largest absolute Gasteiger partial charge is 0.387 e. The molecule has 150 valence electrons. The Hall–Kier alpha value is -1.38. The molecule has 27 heavy (non-hydrogen) atoms. The van der Waals surface area contributed by atoms with Crippen LogP contribution in [0.15, 0.2) is 23.2 Å². The molecule has 0 saturated carbocycles. The number of ether oxygens (including phenoxy) is 2. The van der Waals surface area contributed by atoms with Gasteiger partial charge in [0.1, 0.15) is 5.84 Å². The summed E-state index contributed by atoms with van der Waals surface area (Å²) in [7, 11) is 0. The first-order valence-corrected chi connectivity index (χ1v) is 9.67. The third-order valence-electron chi connectivity index (χ3n) is 4.01. The first-order valence-electron chi connectivity index (χ1n) is 8.92. The van der Waals surface area contributed by atoms with E-state index in [-0.39, 0.29) is 18.2 Å². The van der Waals surface area contributed by atoms with Gasteiger partial charge in [0.2, 0.25) is 5.91 Å². The van der Waals surface area contributed by atoms with Gasteiger partial charge in [-0.05, 0) is 17.7 Å². The quantitative estimate of drug-likeness (QED) is 0.344. The lowest BCUT2D eigenvalue weighted by molar-refractivity contribution is -0.120. The third-order valence-corrected chi connectivity index (χ3v) is 4.75. The number of nitrogens with zero attached hydrogens (tertiary/aromatic N) is 2. The molecule has 3 N–H and O–H groups in total. The fourth-order valence-corrected chi connectivity index (χ4v) is 2.82. The first-order chi connectivity index (χ1) is 13.0. The lowest BCUT2D eigenvalue weighted by Crippen LogP contribution is -2.38. The number of nitrogens with one attached hydrogen (secondary N) is 1. The highest BCUT2D eigenvalue weighted by Crippen LogP contribution is 2.22. The summed E-state index contributed by atoms with van der Waals surface area (Å²) in [4.78, 5) is 18.4. The average molecular weight is 417 g/mol. The van der Waals surface area contributed by atoms with Crippen molar-refractivity contribution < 1.29 is 14.3 Å². The number of halogens is 2. The molecule has 0 unspecified atom stereocenters. The smallest absolute Gasteiger partial charge is 0.227 e. The molecule has 1 aliphatic heterocycles. The Morgan fingerprint density at radius 1 is 1.26 bits per heavy atom. The lowest BCUT2D eigenvalue weighted by atomic mass is 10.2. The maximum Gasteiger partial charge on any atom is 0.227 e. The van der Waals surface area contributed by atoms with E-state index in [0.717, 1.165) is 38.4 Å². The topological polar surface area (TPSA) is 89.2 Å². The standard InChI is InChI=1S/C18H26Cl2N4O3/c19-15-2-1-14(11-16(15)20)13-23-17(21)12-18(25)22-3-7-26-8-4-24-5-9-27-10-6-24/h1-2,11H,3-10,12-13H2,(H2,21,23)(H,22,25). The van der Waals surface area contributed by atoms with E-state index in [4.69, 9.17) is 38.4 Å². The predicted octanol–water partition coefficient (Wildman–Crippen LogP) is 1.71. The van der Waals surface area contributed by atoms with Crippen LogP contribution >= 0.6 is 23.2 Å². The molecule has 0 bridgehead atoms. The number of amidine groups is 1. The number of nitrogens with two attached hydrogens (primary N) is 1. The highest BCUT2D eigenvalue weighted by atomic mass is 35.5. The number of morpholine rings is 1. The molecule has 2 rings (SSSR count). The van der Waals surface area contributed by atoms with Crippen LogP contribution in [0.1, 0.15) is 12.0 Å². The Morgan fingerprint density at radius 2 is 2.04 bits per heavy atom. The molecule has 1 fully saturated rings. The average Bonchev–Trinajstić information content (AvgIpc) is 2.66. The second-order valence-electron chi connectivity index (χ2n) is 6.15. The van der Waals surface area contributed by atoms with E-state index in [9.17, 15) is 4.79 Å². The number of hydrogen-bond acceptors (Lipinski definition) is 5. The van der Waals surface area contributed by atoms with Gasteiger partial charge in [-0.2, -0.15) is 0 Å². The number of carbonyl (C=O) groups is 1. The number of benzene rings is 1. The number of carbonyl (C=O) groups excluding carboxylic acids is 1. The summed E-state index contributed by atoms with van der Waals surface area (Å²) in [6.07, 6.45) is 0.0507. The number of rotatable bonds is 10. The molecule has 7 nitrogen and oxygen atoms in total. The summed E-state index contributed by atoms with van der Waals surface area (Å²) in [6, 6.07) is 5.25. The summed E-state index contributed by atoms with van der Waals surface area (Å²) in [5.41, 5.74) is 6.68. The molecule has 0 aromatic heterocycles. The molecule has 1 aromatic rings. The van der Waals surface area contributed by atoms with E-state index in [1.54, 1.807) is 12.1 Å². The van der Waals surface area contributed by atoms with Crippen LogP contribution in [0.5, 0.6) is 0 Å². The molecule has 1 aliphatic rings. The molecule has 1 amide bonds. The van der Waals surface area contributed by atoms with Crippen LogP contribution in [0.3, 0.4) is 0 Å². The number of hydrogen-bond donors (Lipinski definition) is 2. The molecule has 0 radical (unpaired) electrons. The van der Waals surface area contributed by atoms with Gasteiger partial charge in [0.25, 0.3) is 0 Å². The number of aliphatic imine (C=N–C) groups is 1. The summed E-state index contributed by atoms with van der Waals surface area (Å²) in [5, 5.41) is 3.73. The fraction of sp³-hybridized carbons (Fsp3) is 0.556. The minimum absolute atomic E-state index is 0.0507. The van der Waals surface area contributed by atoms with E-state index in [1.165, 1.54) is 0 Å². The van der Waals surface area contributed by atoms with E-state index in [2.05, 4.69) is 15.2 Å². The lowest BCUT2D eigenvalue weighted by Gasteiger charge is -2.26. The van der Waals surface area contributed by atoms with Crippen molar-refractivity contribution in [1.29, 1.82) is 0 Å². The minimum Gasteiger partial charge on any atom is -0.387 e. The van der Waals surface area contributed by atoms with Crippen molar-refractivity contribution in [1.82, 2.24) is 10.2 Å². The number of amides is 1. The van der Waals surface area contributed by atoms with Gasteiger partial charge in [-0.1, -0.05) is 29.3 Å². The van der Waals surface area contributed by atoms with Crippen molar-refractivity contribution in [2.75, 3.05) is 52.6 Å². The molecule has 1 aromatic carbocycles.